The van der Waals surface area contributed by atoms with Gasteiger partial charge in [0.05, 0.1) is 6.04 Å². The van der Waals surface area contributed by atoms with Crippen LogP contribution in [-0.4, -0.2) is 16.5 Å². The van der Waals surface area contributed by atoms with Crippen LogP contribution in [0.2, 0.25) is 0 Å². The molecule has 0 unspecified atom stereocenters. The average Bonchev–Trinajstić information content (AvgIpc) is 2.59. The summed E-state index contributed by atoms with van der Waals surface area (Å²) in [4.78, 5) is 11.3. The summed E-state index contributed by atoms with van der Waals surface area (Å²) >= 11 is 0. The van der Waals surface area contributed by atoms with Gasteiger partial charge in [-0.2, -0.15) is 0 Å². The molecule has 3 N–H and O–H groups in total. The summed E-state index contributed by atoms with van der Waals surface area (Å²) in [7, 11) is 1.95. The molecule has 0 aromatic carbocycles. The van der Waals surface area contributed by atoms with Crippen LogP contribution in [0.1, 0.15) is 18.9 Å². The van der Waals surface area contributed by atoms with E-state index in [1.165, 1.54) is 0 Å². The number of nitrogens with one attached hydrogen (secondary N) is 1. The number of aryl methyl sites for hydroxylation is 1. The van der Waals surface area contributed by atoms with E-state index in [0.717, 1.165) is 5.56 Å². The molecule has 1 amide bonds. The molecule has 1 aromatic heterocycles. The molecule has 1 rings (SSSR count). The summed E-state index contributed by atoms with van der Waals surface area (Å²) in [6, 6.07) is 1.58. The molecule has 14 heavy (non-hydrogen) atoms. The van der Waals surface area contributed by atoms with Crippen LogP contribution in [0, 0.1) is 0 Å². The number of carbonyl (C=O) groups excluding carboxylic acids is 1. The highest BCUT2D eigenvalue weighted by Crippen LogP contribution is 1.98. The molecule has 78 valence electrons. The van der Waals surface area contributed by atoms with Gasteiger partial charge < -0.3 is 15.6 Å². The Hall–Kier alpha value is -1.29. The van der Waals surface area contributed by atoms with Gasteiger partial charge in [0.1, 0.15) is 0 Å². The van der Waals surface area contributed by atoms with Crippen LogP contribution in [0.15, 0.2) is 18.5 Å². The molecular weight excluding hydrogens is 178 g/mol. The van der Waals surface area contributed by atoms with Crippen molar-refractivity contribution < 1.29 is 4.79 Å². The molecule has 0 saturated heterocycles. The SMILES string of the molecule is CC[C@@H](N)C(=O)NCc1ccn(C)c1. The highest BCUT2D eigenvalue weighted by Gasteiger charge is 2.09. The first-order chi connectivity index (χ1) is 6.63. The molecule has 0 spiro atoms. The lowest BCUT2D eigenvalue weighted by Gasteiger charge is -2.08. The predicted molar refractivity (Wildman–Crippen MR) is 55.5 cm³/mol. The molecule has 0 aliphatic heterocycles. The van der Waals surface area contributed by atoms with Crippen molar-refractivity contribution in [3.63, 3.8) is 0 Å². The second kappa shape index (κ2) is 4.81. The molecular formula is C10H17N3O. The van der Waals surface area contributed by atoms with Crippen molar-refractivity contribution in [2.45, 2.75) is 25.9 Å². The predicted octanol–water partition coefficient (Wildman–Crippen LogP) is 0.379. The van der Waals surface area contributed by atoms with E-state index in [1.807, 2.05) is 37.0 Å². The fourth-order valence-corrected chi connectivity index (χ4v) is 1.17. The summed E-state index contributed by atoms with van der Waals surface area (Å²) in [5.74, 6) is -0.0867. The number of nitrogens with zero attached hydrogens (tertiary/aromatic N) is 1. The third-order valence-electron chi connectivity index (χ3n) is 2.14. The Morgan fingerprint density at radius 2 is 2.43 bits per heavy atom. The van der Waals surface area contributed by atoms with Crippen molar-refractivity contribution in [3.05, 3.63) is 24.0 Å². The van der Waals surface area contributed by atoms with Crippen LogP contribution in [-0.2, 0) is 18.4 Å². The van der Waals surface area contributed by atoms with Crippen LogP contribution in [0.3, 0.4) is 0 Å². The van der Waals surface area contributed by atoms with Crippen molar-refractivity contribution in [2.24, 2.45) is 12.8 Å². The Morgan fingerprint density at radius 1 is 1.71 bits per heavy atom. The number of aromatic nitrogens is 1. The van der Waals surface area contributed by atoms with Crippen molar-refractivity contribution in [1.82, 2.24) is 9.88 Å². The van der Waals surface area contributed by atoms with E-state index in [1.54, 1.807) is 0 Å². The van der Waals surface area contributed by atoms with E-state index < -0.39 is 6.04 Å². The third kappa shape index (κ3) is 2.88. The molecule has 4 nitrogen and oxygen atoms in total. The maximum absolute atomic E-state index is 11.3. The van der Waals surface area contributed by atoms with Gasteiger partial charge in [0.2, 0.25) is 5.91 Å². The van der Waals surface area contributed by atoms with Gasteiger partial charge in [-0.1, -0.05) is 6.92 Å². The van der Waals surface area contributed by atoms with Crippen LogP contribution in [0.4, 0.5) is 0 Å². The van der Waals surface area contributed by atoms with Crippen molar-refractivity contribution in [1.29, 1.82) is 0 Å². The zero-order valence-corrected chi connectivity index (χ0v) is 8.66. The number of carbonyl (C=O) groups is 1. The quantitative estimate of drug-likeness (QED) is 0.729. The van der Waals surface area contributed by atoms with Crippen LogP contribution >= 0.6 is 0 Å². The standard InChI is InChI=1S/C10H17N3O/c1-3-9(11)10(14)12-6-8-4-5-13(2)7-8/h4-5,7,9H,3,6,11H2,1-2H3,(H,12,14)/t9-/m1/s1. The van der Waals surface area contributed by atoms with Crippen LogP contribution in [0.25, 0.3) is 0 Å². The Kier molecular flexibility index (Phi) is 3.71. The van der Waals surface area contributed by atoms with Crippen molar-refractivity contribution >= 4 is 5.91 Å². The molecule has 0 aliphatic carbocycles. The summed E-state index contributed by atoms with van der Waals surface area (Å²) in [5, 5.41) is 2.79. The molecule has 0 saturated carbocycles. The lowest BCUT2D eigenvalue weighted by Crippen LogP contribution is -2.39. The first-order valence-electron chi connectivity index (χ1n) is 4.77. The molecule has 1 heterocycles. The van der Waals surface area contributed by atoms with Crippen LogP contribution < -0.4 is 11.1 Å². The molecule has 1 atom stereocenters. The topological polar surface area (TPSA) is 60.1 Å². The second-order valence-corrected chi connectivity index (χ2v) is 3.42. The molecule has 0 radical (unpaired) electrons. The van der Waals surface area contributed by atoms with Crippen LogP contribution in [0.5, 0.6) is 0 Å². The first-order valence-corrected chi connectivity index (χ1v) is 4.77. The maximum atomic E-state index is 11.3. The number of amides is 1. The molecule has 0 bridgehead atoms. The van der Waals surface area contributed by atoms with E-state index in [9.17, 15) is 4.79 Å². The smallest absolute Gasteiger partial charge is 0.237 e. The normalized spacial score (nSPS) is 12.5. The minimum Gasteiger partial charge on any atom is -0.357 e. The first kappa shape index (κ1) is 10.8. The maximum Gasteiger partial charge on any atom is 0.237 e. The van der Waals surface area contributed by atoms with Gasteiger partial charge in [-0.05, 0) is 18.1 Å². The van der Waals surface area contributed by atoms with Gasteiger partial charge in [-0.15, -0.1) is 0 Å². The Labute approximate surface area is 84.1 Å². The van der Waals surface area contributed by atoms with Gasteiger partial charge in [0, 0.05) is 26.0 Å². The number of rotatable bonds is 4. The molecule has 0 fully saturated rings. The van der Waals surface area contributed by atoms with E-state index in [4.69, 9.17) is 5.73 Å². The highest BCUT2D eigenvalue weighted by atomic mass is 16.2. The molecule has 4 heteroatoms. The number of hydrogen-bond donors (Lipinski definition) is 2. The van der Waals surface area contributed by atoms with Gasteiger partial charge in [0.15, 0.2) is 0 Å². The zero-order chi connectivity index (χ0) is 10.6. The third-order valence-corrected chi connectivity index (χ3v) is 2.14. The molecule has 0 aliphatic rings. The summed E-state index contributed by atoms with van der Waals surface area (Å²) in [5.41, 5.74) is 6.66. The zero-order valence-electron chi connectivity index (χ0n) is 8.66. The van der Waals surface area contributed by atoms with Gasteiger partial charge in [-0.25, -0.2) is 0 Å². The number of hydrogen-bond acceptors (Lipinski definition) is 2. The van der Waals surface area contributed by atoms with E-state index in [2.05, 4.69) is 5.32 Å². The van der Waals surface area contributed by atoms with Gasteiger partial charge >= 0.3 is 0 Å². The van der Waals surface area contributed by atoms with Gasteiger partial charge in [-0.3, -0.25) is 4.79 Å². The van der Waals surface area contributed by atoms with E-state index in [-0.39, 0.29) is 5.91 Å². The molecule has 1 aromatic rings. The minimum atomic E-state index is -0.390. The Bertz CT molecular complexity index is 306. The summed E-state index contributed by atoms with van der Waals surface area (Å²) < 4.78 is 1.95. The Morgan fingerprint density at radius 3 is 2.93 bits per heavy atom. The monoisotopic (exact) mass is 195 g/mol. The largest absolute Gasteiger partial charge is 0.357 e. The highest BCUT2D eigenvalue weighted by molar-refractivity contribution is 5.81. The fraction of sp³-hybridized carbons (Fsp3) is 0.500. The van der Waals surface area contributed by atoms with Crippen molar-refractivity contribution in [2.75, 3.05) is 0 Å². The second-order valence-electron chi connectivity index (χ2n) is 3.42. The minimum absolute atomic E-state index is 0.0867. The van der Waals surface area contributed by atoms with E-state index in [0.29, 0.717) is 13.0 Å². The lowest BCUT2D eigenvalue weighted by molar-refractivity contribution is -0.122. The summed E-state index contributed by atoms with van der Waals surface area (Å²) in [6.45, 7) is 2.44. The number of nitrogens with two attached hydrogens (primary N) is 1. The summed E-state index contributed by atoms with van der Waals surface area (Å²) in [6.07, 6.45) is 4.58. The van der Waals surface area contributed by atoms with Gasteiger partial charge in [0.25, 0.3) is 0 Å². The average molecular weight is 195 g/mol. The Balaban J connectivity index is 2.37. The van der Waals surface area contributed by atoms with Crippen molar-refractivity contribution in [3.8, 4) is 0 Å². The van der Waals surface area contributed by atoms with E-state index >= 15 is 0 Å². The lowest BCUT2D eigenvalue weighted by atomic mass is 10.2. The fourth-order valence-electron chi connectivity index (χ4n) is 1.17.